The molecule has 0 aliphatic heterocycles. The van der Waals surface area contributed by atoms with Gasteiger partial charge in [-0.25, -0.2) is 4.39 Å². The molecule has 0 saturated carbocycles. The van der Waals surface area contributed by atoms with Crippen molar-refractivity contribution in [3.8, 4) is 5.75 Å². The SMILES string of the molecule is COc1c(F)cc(B(O)O)cc1C(F)(F)F. The van der Waals surface area contributed by atoms with Crippen LogP contribution in [0, 0.1) is 5.82 Å². The third-order valence-corrected chi connectivity index (χ3v) is 1.87. The molecule has 0 saturated heterocycles. The topological polar surface area (TPSA) is 49.7 Å². The molecular weight excluding hydrogens is 231 g/mol. The molecule has 0 fully saturated rings. The van der Waals surface area contributed by atoms with Gasteiger partial charge in [0, 0.05) is 0 Å². The molecule has 0 aliphatic rings. The van der Waals surface area contributed by atoms with Gasteiger partial charge in [-0.15, -0.1) is 0 Å². The first-order valence-electron chi connectivity index (χ1n) is 4.08. The summed E-state index contributed by atoms with van der Waals surface area (Å²) in [6.07, 6.45) is -4.84. The van der Waals surface area contributed by atoms with Gasteiger partial charge in [-0.3, -0.25) is 0 Å². The van der Waals surface area contributed by atoms with Crippen molar-refractivity contribution in [2.75, 3.05) is 7.11 Å². The highest BCUT2D eigenvalue weighted by Gasteiger charge is 2.37. The fourth-order valence-corrected chi connectivity index (χ4v) is 1.18. The Kier molecular flexibility index (Phi) is 3.44. The molecule has 0 amide bonds. The van der Waals surface area contributed by atoms with Crippen LogP contribution < -0.4 is 10.2 Å². The lowest BCUT2D eigenvalue weighted by Gasteiger charge is -2.14. The second-order valence-corrected chi connectivity index (χ2v) is 2.95. The van der Waals surface area contributed by atoms with Gasteiger partial charge in [0.1, 0.15) is 5.56 Å². The molecule has 88 valence electrons. The maximum Gasteiger partial charge on any atom is 0.488 e. The van der Waals surface area contributed by atoms with Crippen molar-refractivity contribution < 1.29 is 32.3 Å². The van der Waals surface area contributed by atoms with Crippen LogP contribution in [-0.4, -0.2) is 24.3 Å². The van der Waals surface area contributed by atoms with E-state index in [9.17, 15) is 17.6 Å². The van der Waals surface area contributed by atoms with E-state index in [1.54, 1.807) is 0 Å². The number of halogens is 4. The third-order valence-electron chi connectivity index (χ3n) is 1.87. The number of benzene rings is 1. The Morgan fingerprint density at radius 1 is 1.25 bits per heavy atom. The van der Waals surface area contributed by atoms with Crippen LogP contribution in [0.25, 0.3) is 0 Å². The fourth-order valence-electron chi connectivity index (χ4n) is 1.18. The molecular formula is C8H7BF4O3. The summed E-state index contributed by atoms with van der Waals surface area (Å²) in [6, 6.07) is 0.991. The van der Waals surface area contributed by atoms with Crippen molar-refractivity contribution in [3.63, 3.8) is 0 Å². The molecule has 1 aromatic carbocycles. The first-order valence-corrected chi connectivity index (χ1v) is 4.08. The minimum Gasteiger partial charge on any atom is -0.493 e. The van der Waals surface area contributed by atoms with Crippen molar-refractivity contribution in [1.82, 2.24) is 0 Å². The van der Waals surface area contributed by atoms with Crippen molar-refractivity contribution in [2.45, 2.75) is 6.18 Å². The molecule has 0 aliphatic carbocycles. The van der Waals surface area contributed by atoms with Crippen LogP contribution in [0.2, 0.25) is 0 Å². The van der Waals surface area contributed by atoms with E-state index in [1.807, 2.05) is 0 Å². The maximum absolute atomic E-state index is 13.2. The Morgan fingerprint density at radius 2 is 1.81 bits per heavy atom. The predicted octanol–water partition coefficient (Wildman–Crippen LogP) is 0.533. The highest BCUT2D eigenvalue weighted by atomic mass is 19.4. The van der Waals surface area contributed by atoms with Crippen molar-refractivity contribution in [1.29, 1.82) is 0 Å². The number of methoxy groups -OCH3 is 1. The quantitative estimate of drug-likeness (QED) is 0.583. The first-order chi connectivity index (χ1) is 7.27. The van der Waals surface area contributed by atoms with Gasteiger partial charge in [-0.05, 0) is 17.6 Å². The zero-order valence-electron chi connectivity index (χ0n) is 8.05. The van der Waals surface area contributed by atoms with Crippen LogP contribution >= 0.6 is 0 Å². The standard InChI is InChI=1S/C8H7BF4O3/c1-16-7-5(8(11,12)13)2-4(9(14)15)3-6(7)10/h2-3,14-15H,1H3. The Labute approximate surface area is 88.4 Å². The summed E-state index contributed by atoms with van der Waals surface area (Å²) in [5, 5.41) is 17.4. The number of rotatable bonds is 2. The van der Waals surface area contributed by atoms with E-state index in [2.05, 4.69) is 4.74 Å². The highest BCUT2D eigenvalue weighted by molar-refractivity contribution is 6.58. The minimum atomic E-state index is -4.84. The highest BCUT2D eigenvalue weighted by Crippen LogP contribution is 2.36. The maximum atomic E-state index is 13.2. The zero-order valence-corrected chi connectivity index (χ0v) is 8.05. The van der Waals surface area contributed by atoms with E-state index in [4.69, 9.17) is 10.0 Å². The van der Waals surface area contributed by atoms with Gasteiger partial charge in [-0.2, -0.15) is 13.2 Å². The van der Waals surface area contributed by atoms with Crippen LogP contribution in [0.4, 0.5) is 17.6 Å². The predicted molar refractivity (Wildman–Crippen MR) is 47.8 cm³/mol. The normalized spacial score (nSPS) is 11.4. The van der Waals surface area contributed by atoms with Gasteiger partial charge < -0.3 is 14.8 Å². The molecule has 1 rings (SSSR count). The average molecular weight is 238 g/mol. The summed E-state index contributed by atoms with van der Waals surface area (Å²) in [7, 11) is -1.29. The monoisotopic (exact) mass is 238 g/mol. The Hall–Kier alpha value is -1.28. The summed E-state index contributed by atoms with van der Waals surface area (Å²) < 4.78 is 54.8. The van der Waals surface area contributed by atoms with Gasteiger partial charge in [0.2, 0.25) is 0 Å². The summed E-state index contributed by atoms with van der Waals surface area (Å²) in [6.45, 7) is 0. The average Bonchev–Trinajstić information content (AvgIpc) is 2.14. The fraction of sp³-hybridized carbons (Fsp3) is 0.250. The summed E-state index contributed by atoms with van der Waals surface area (Å²) in [5.74, 6) is -2.28. The molecule has 16 heavy (non-hydrogen) atoms. The Bertz CT molecular complexity index is 392. The van der Waals surface area contributed by atoms with Gasteiger partial charge >= 0.3 is 13.3 Å². The summed E-state index contributed by atoms with van der Waals surface area (Å²) in [5.41, 5.74) is -1.98. The van der Waals surface area contributed by atoms with Gasteiger partial charge in [0.15, 0.2) is 11.6 Å². The van der Waals surface area contributed by atoms with E-state index in [0.29, 0.717) is 12.1 Å². The second kappa shape index (κ2) is 4.30. The molecule has 2 N–H and O–H groups in total. The lowest BCUT2D eigenvalue weighted by molar-refractivity contribution is -0.138. The van der Waals surface area contributed by atoms with Crippen molar-refractivity contribution in [2.24, 2.45) is 0 Å². The second-order valence-electron chi connectivity index (χ2n) is 2.95. The molecule has 0 radical (unpaired) electrons. The van der Waals surface area contributed by atoms with Crippen LogP contribution in [0.3, 0.4) is 0 Å². The molecule has 0 unspecified atom stereocenters. The molecule has 8 heteroatoms. The molecule has 3 nitrogen and oxygen atoms in total. The Balaban J connectivity index is 3.43. The lowest BCUT2D eigenvalue weighted by atomic mass is 9.79. The van der Waals surface area contributed by atoms with E-state index in [-0.39, 0.29) is 0 Å². The molecule has 0 bridgehead atoms. The van der Waals surface area contributed by atoms with Gasteiger partial charge in [0.25, 0.3) is 0 Å². The van der Waals surface area contributed by atoms with Crippen LogP contribution in [0.1, 0.15) is 5.56 Å². The van der Waals surface area contributed by atoms with E-state index in [1.165, 1.54) is 0 Å². The van der Waals surface area contributed by atoms with E-state index >= 15 is 0 Å². The first kappa shape index (κ1) is 12.8. The summed E-state index contributed by atoms with van der Waals surface area (Å²) in [4.78, 5) is 0. The number of ether oxygens (including phenoxy) is 1. The van der Waals surface area contributed by atoms with Crippen LogP contribution in [0.15, 0.2) is 12.1 Å². The van der Waals surface area contributed by atoms with Crippen LogP contribution in [-0.2, 0) is 6.18 Å². The number of hydrogen-bond donors (Lipinski definition) is 2. The van der Waals surface area contributed by atoms with Crippen molar-refractivity contribution >= 4 is 12.6 Å². The largest absolute Gasteiger partial charge is 0.493 e. The zero-order chi connectivity index (χ0) is 12.5. The number of hydrogen-bond acceptors (Lipinski definition) is 3. The number of alkyl halides is 3. The minimum absolute atomic E-state index is 0.423. The van der Waals surface area contributed by atoms with Gasteiger partial charge in [-0.1, -0.05) is 0 Å². The molecule has 0 spiro atoms. The van der Waals surface area contributed by atoms with Crippen LogP contribution in [0.5, 0.6) is 5.75 Å². The molecule has 1 aromatic rings. The molecule has 0 heterocycles. The Morgan fingerprint density at radius 3 is 2.19 bits per heavy atom. The third kappa shape index (κ3) is 2.45. The molecule has 0 aromatic heterocycles. The smallest absolute Gasteiger partial charge is 0.488 e. The van der Waals surface area contributed by atoms with E-state index in [0.717, 1.165) is 7.11 Å². The lowest BCUT2D eigenvalue weighted by Crippen LogP contribution is -2.31. The van der Waals surface area contributed by atoms with Gasteiger partial charge in [0.05, 0.1) is 7.11 Å². The van der Waals surface area contributed by atoms with E-state index < -0.39 is 35.9 Å². The summed E-state index contributed by atoms with van der Waals surface area (Å²) >= 11 is 0. The van der Waals surface area contributed by atoms with Crippen molar-refractivity contribution in [3.05, 3.63) is 23.5 Å². The molecule has 0 atom stereocenters.